The summed E-state index contributed by atoms with van der Waals surface area (Å²) in [5, 5.41) is 12.8. The third-order valence-electron chi connectivity index (χ3n) is 7.15. The summed E-state index contributed by atoms with van der Waals surface area (Å²) in [6, 6.07) is 18.7. The van der Waals surface area contributed by atoms with Crippen molar-refractivity contribution >= 4 is 15.8 Å². The Kier molecular flexibility index (Phi) is 8.28. The molecule has 3 heterocycles. The predicted molar refractivity (Wildman–Crippen MR) is 157 cm³/mol. The van der Waals surface area contributed by atoms with Gasteiger partial charge in [-0.3, -0.25) is 9.88 Å². The Morgan fingerprint density at radius 2 is 1.66 bits per heavy atom. The zero-order valence-electron chi connectivity index (χ0n) is 23.3. The van der Waals surface area contributed by atoms with E-state index in [1.165, 1.54) is 6.26 Å². The molecular formula is C31H32N6O3S. The molecule has 0 spiro atoms. The van der Waals surface area contributed by atoms with E-state index in [0.29, 0.717) is 28.0 Å². The van der Waals surface area contributed by atoms with Crippen molar-refractivity contribution in [1.82, 2.24) is 19.9 Å². The van der Waals surface area contributed by atoms with Gasteiger partial charge in [0.1, 0.15) is 5.75 Å². The first-order chi connectivity index (χ1) is 19.7. The highest BCUT2D eigenvalue weighted by molar-refractivity contribution is 7.90. The fraction of sp³-hybridized carbons (Fsp3) is 0.290. The molecule has 5 rings (SSSR count). The number of hydrogen-bond donors (Lipinski definition) is 1. The van der Waals surface area contributed by atoms with Gasteiger partial charge in [0.15, 0.2) is 9.84 Å². The van der Waals surface area contributed by atoms with E-state index in [0.717, 1.165) is 60.4 Å². The number of nitriles is 1. The zero-order chi connectivity index (χ0) is 29.0. The maximum Gasteiger partial charge on any atom is 0.226 e. The van der Waals surface area contributed by atoms with Crippen molar-refractivity contribution in [2.75, 3.05) is 24.7 Å². The summed E-state index contributed by atoms with van der Waals surface area (Å²) in [5.74, 6) is 1.58. The molecule has 0 unspecified atom stereocenters. The Labute approximate surface area is 240 Å². The van der Waals surface area contributed by atoms with Crippen LogP contribution >= 0.6 is 0 Å². The summed E-state index contributed by atoms with van der Waals surface area (Å²) in [5.41, 5.74) is 5.02. The Hall–Kier alpha value is -4.33. The van der Waals surface area contributed by atoms with Crippen LogP contribution in [0.5, 0.6) is 11.6 Å². The van der Waals surface area contributed by atoms with Gasteiger partial charge in [-0.25, -0.2) is 13.4 Å². The third kappa shape index (κ3) is 7.06. The van der Waals surface area contributed by atoms with Crippen molar-refractivity contribution in [3.8, 4) is 29.0 Å². The van der Waals surface area contributed by atoms with E-state index < -0.39 is 9.84 Å². The summed E-state index contributed by atoms with van der Waals surface area (Å²) in [7, 11) is -3.20. The number of likely N-dealkylation sites (tertiary alicyclic amines) is 1. The van der Waals surface area contributed by atoms with Crippen LogP contribution in [0, 0.1) is 25.2 Å². The summed E-state index contributed by atoms with van der Waals surface area (Å²) in [6.45, 7) is 6.39. The molecule has 0 aliphatic carbocycles. The number of ether oxygens (including phenoxy) is 1. The van der Waals surface area contributed by atoms with Crippen molar-refractivity contribution in [2.24, 2.45) is 0 Å². The van der Waals surface area contributed by atoms with Crippen LogP contribution in [-0.4, -0.2) is 53.7 Å². The second-order valence-electron chi connectivity index (χ2n) is 10.4. The average Bonchev–Trinajstić information content (AvgIpc) is 2.96. The number of anilines is 1. The molecule has 1 N–H and O–H groups in total. The topological polar surface area (TPSA) is 121 Å². The molecule has 1 saturated heterocycles. The highest BCUT2D eigenvalue weighted by atomic mass is 32.2. The average molecular weight is 569 g/mol. The van der Waals surface area contributed by atoms with E-state index in [-0.39, 0.29) is 6.04 Å². The summed E-state index contributed by atoms with van der Waals surface area (Å²) >= 11 is 0. The Morgan fingerprint density at radius 3 is 2.27 bits per heavy atom. The van der Waals surface area contributed by atoms with E-state index >= 15 is 0 Å². The van der Waals surface area contributed by atoms with Crippen LogP contribution in [0.15, 0.2) is 71.9 Å². The van der Waals surface area contributed by atoms with Crippen LogP contribution < -0.4 is 10.1 Å². The molecule has 4 aromatic rings. The Balaban J connectivity index is 1.30. The highest BCUT2D eigenvalue weighted by Gasteiger charge is 2.21. The molecule has 1 aliphatic heterocycles. The maximum absolute atomic E-state index is 11.7. The summed E-state index contributed by atoms with van der Waals surface area (Å²) < 4.78 is 29.8. The number of rotatable bonds is 8. The molecule has 1 fully saturated rings. The largest absolute Gasteiger partial charge is 0.438 e. The van der Waals surface area contributed by atoms with Gasteiger partial charge < -0.3 is 10.1 Å². The van der Waals surface area contributed by atoms with Crippen molar-refractivity contribution in [1.29, 1.82) is 5.26 Å². The number of aromatic nitrogens is 3. The van der Waals surface area contributed by atoms with Crippen LogP contribution in [0.3, 0.4) is 0 Å². The molecule has 1 aliphatic rings. The van der Waals surface area contributed by atoms with Crippen molar-refractivity contribution in [3.63, 3.8) is 0 Å². The minimum absolute atomic E-state index is 0.192. The molecule has 0 atom stereocenters. The smallest absolute Gasteiger partial charge is 0.226 e. The van der Waals surface area contributed by atoms with E-state index in [2.05, 4.69) is 21.3 Å². The van der Waals surface area contributed by atoms with Crippen LogP contribution in [0.25, 0.3) is 11.3 Å². The molecule has 0 saturated carbocycles. The van der Waals surface area contributed by atoms with Gasteiger partial charge in [-0.15, -0.1) is 0 Å². The number of aryl methyl sites for hydroxylation is 2. The molecule has 9 nitrogen and oxygen atoms in total. The molecule has 2 aromatic carbocycles. The van der Waals surface area contributed by atoms with E-state index in [1.807, 2.05) is 44.2 Å². The van der Waals surface area contributed by atoms with Gasteiger partial charge >= 0.3 is 0 Å². The second-order valence-corrected chi connectivity index (χ2v) is 12.4. The fourth-order valence-electron chi connectivity index (χ4n) is 5.01. The fourth-order valence-corrected chi connectivity index (χ4v) is 5.64. The van der Waals surface area contributed by atoms with Crippen molar-refractivity contribution in [3.05, 3.63) is 89.2 Å². The first kappa shape index (κ1) is 28.2. The lowest BCUT2D eigenvalue weighted by Crippen LogP contribution is -2.39. The quantitative estimate of drug-likeness (QED) is 0.302. The van der Waals surface area contributed by atoms with Crippen LogP contribution in [0.2, 0.25) is 0 Å². The molecular weight excluding hydrogens is 536 g/mol. The van der Waals surface area contributed by atoms with E-state index in [9.17, 15) is 13.7 Å². The van der Waals surface area contributed by atoms with Crippen LogP contribution in [0.4, 0.5) is 5.95 Å². The SMILES string of the molecule is Cc1cc(C#N)cc(C)c1Oc1cc(-c2ccncc2)nc(NC2CCN(Cc3ccc(S(C)(=O)=O)cc3)CC2)n1. The monoisotopic (exact) mass is 568 g/mol. The highest BCUT2D eigenvalue weighted by Crippen LogP contribution is 2.32. The molecule has 210 valence electrons. The second kappa shape index (κ2) is 12.0. The Morgan fingerprint density at radius 1 is 1.00 bits per heavy atom. The molecule has 10 heteroatoms. The number of benzene rings is 2. The Bertz CT molecular complexity index is 1650. The normalized spacial score (nSPS) is 14.4. The van der Waals surface area contributed by atoms with E-state index in [4.69, 9.17) is 14.7 Å². The van der Waals surface area contributed by atoms with Gasteiger partial charge in [0, 0.05) is 56.0 Å². The number of nitrogens with one attached hydrogen (secondary N) is 1. The lowest BCUT2D eigenvalue weighted by Gasteiger charge is -2.32. The van der Waals surface area contributed by atoms with Crippen molar-refractivity contribution < 1.29 is 13.2 Å². The first-order valence-corrected chi connectivity index (χ1v) is 15.3. The predicted octanol–water partition coefficient (Wildman–Crippen LogP) is 5.30. The van der Waals surface area contributed by atoms with Gasteiger partial charge in [0.05, 0.1) is 22.2 Å². The van der Waals surface area contributed by atoms with Gasteiger partial charge in [0.25, 0.3) is 0 Å². The molecule has 41 heavy (non-hydrogen) atoms. The minimum atomic E-state index is -3.20. The number of sulfone groups is 1. The van der Waals surface area contributed by atoms with Gasteiger partial charge in [-0.05, 0) is 79.8 Å². The number of pyridine rings is 1. The summed E-state index contributed by atoms with van der Waals surface area (Å²) in [4.78, 5) is 16.3. The summed E-state index contributed by atoms with van der Waals surface area (Å²) in [6.07, 6.45) is 6.50. The van der Waals surface area contributed by atoms with Gasteiger partial charge in [-0.2, -0.15) is 10.2 Å². The zero-order valence-corrected chi connectivity index (χ0v) is 24.1. The number of piperidine rings is 1. The lowest BCUT2D eigenvalue weighted by molar-refractivity contribution is 0.211. The molecule has 0 amide bonds. The number of hydrogen-bond acceptors (Lipinski definition) is 9. The van der Waals surface area contributed by atoms with Crippen molar-refractivity contribution in [2.45, 2.75) is 44.2 Å². The third-order valence-corrected chi connectivity index (χ3v) is 8.28. The molecule has 0 radical (unpaired) electrons. The van der Waals surface area contributed by atoms with Crippen LogP contribution in [-0.2, 0) is 16.4 Å². The minimum Gasteiger partial charge on any atom is -0.438 e. The standard InChI is InChI=1S/C31H32N6O3S/c1-21-16-24(19-32)17-22(2)30(21)40-29-18-28(25-8-12-33-13-9-25)35-31(36-29)34-26-10-14-37(15-11-26)20-23-4-6-27(7-5-23)41(3,38)39/h4-9,12-13,16-18,26H,10-11,14-15,20H2,1-3H3,(H,34,35,36). The van der Waals surface area contributed by atoms with Crippen LogP contribution in [0.1, 0.15) is 35.1 Å². The first-order valence-electron chi connectivity index (χ1n) is 13.4. The van der Waals surface area contributed by atoms with E-state index in [1.54, 1.807) is 36.7 Å². The molecule has 2 aromatic heterocycles. The van der Waals surface area contributed by atoms with Gasteiger partial charge in [0.2, 0.25) is 11.8 Å². The lowest BCUT2D eigenvalue weighted by atomic mass is 10.0. The molecule has 0 bridgehead atoms. The maximum atomic E-state index is 11.7. The number of nitrogens with zero attached hydrogens (tertiary/aromatic N) is 5. The van der Waals surface area contributed by atoms with Gasteiger partial charge in [-0.1, -0.05) is 12.1 Å².